The smallest absolute Gasteiger partial charge is 0.263 e. The molecular formula is C21H24N4OS. The van der Waals surface area contributed by atoms with E-state index in [1.807, 2.05) is 26.2 Å². The summed E-state index contributed by atoms with van der Waals surface area (Å²) >= 11 is 1.60. The number of anilines is 1. The summed E-state index contributed by atoms with van der Waals surface area (Å²) in [6.45, 7) is 0.966. The minimum absolute atomic E-state index is 0.0875. The van der Waals surface area contributed by atoms with Crippen molar-refractivity contribution in [1.82, 2.24) is 14.9 Å². The highest BCUT2D eigenvalue weighted by Crippen LogP contribution is 2.35. The van der Waals surface area contributed by atoms with Crippen molar-refractivity contribution >= 4 is 33.3 Å². The summed E-state index contributed by atoms with van der Waals surface area (Å²) in [7, 11) is 3.64. The Morgan fingerprint density at radius 1 is 1.19 bits per heavy atom. The SMILES string of the molecule is CN(C)C(=O)c1sc2ccccc2c1C[C@H]1CCCCN1c1ncccn1. The molecule has 140 valence electrons. The van der Waals surface area contributed by atoms with Crippen molar-refractivity contribution in [2.75, 3.05) is 25.5 Å². The van der Waals surface area contributed by atoms with Gasteiger partial charge in [-0.15, -0.1) is 11.3 Å². The Bertz CT molecular complexity index is 938. The number of fused-ring (bicyclic) bond motifs is 1. The molecule has 1 aromatic carbocycles. The van der Waals surface area contributed by atoms with E-state index in [9.17, 15) is 4.79 Å². The van der Waals surface area contributed by atoms with Crippen LogP contribution in [0.2, 0.25) is 0 Å². The first-order valence-electron chi connectivity index (χ1n) is 9.41. The fourth-order valence-corrected chi connectivity index (χ4v) is 5.08. The van der Waals surface area contributed by atoms with Crippen molar-refractivity contribution in [3.8, 4) is 0 Å². The molecule has 1 aliphatic rings. The van der Waals surface area contributed by atoms with Crippen LogP contribution in [0.25, 0.3) is 10.1 Å². The molecule has 0 saturated carbocycles. The molecule has 0 bridgehead atoms. The van der Waals surface area contributed by atoms with Gasteiger partial charge in [0.2, 0.25) is 5.95 Å². The van der Waals surface area contributed by atoms with Crippen LogP contribution in [0.1, 0.15) is 34.5 Å². The zero-order chi connectivity index (χ0) is 18.8. The van der Waals surface area contributed by atoms with Gasteiger partial charge in [-0.2, -0.15) is 0 Å². The molecule has 1 atom stereocenters. The van der Waals surface area contributed by atoms with Gasteiger partial charge in [-0.1, -0.05) is 18.2 Å². The zero-order valence-corrected chi connectivity index (χ0v) is 16.6. The third-order valence-electron chi connectivity index (χ3n) is 5.17. The molecule has 5 nitrogen and oxygen atoms in total. The predicted molar refractivity (Wildman–Crippen MR) is 111 cm³/mol. The Morgan fingerprint density at radius 3 is 2.74 bits per heavy atom. The number of hydrogen-bond acceptors (Lipinski definition) is 5. The molecule has 0 N–H and O–H groups in total. The first kappa shape index (κ1) is 17.9. The van der Waals surface area contributed by atoms with Gasteiger partial charge < -0.3 is 9.80 Å². The summed E-state index contributed by atoms with van der Waals surface area (Å²) in [6, 6.07) is 10.5. The summed E-state index contributed by atoms with van der Waals surface area (Å²) in [5.74, 6) is 0.881. The molecule has 0 unspecified atom stereocenters. The van der Waals surface area contributed by atoms with E-state index in [1.165, 1.54) is 22.1 Å². The van der Waals surface area contributed by atoms with E-state index in [-0.39, 0.29) is 5.91 Å². The fraction of sp³-hybridized carbons (Fsp3) is 0.381. The van der Waals surface area contributed by atoms with Crippen LogP contribution in [0.15, 0.2) is 42.7 Å². The van der Waals surface area contributed by atoms with Gasteiger partial charge in [-0.05, 0) is 48.8 Å². The van der Waals surface area contributed by atoms with Gasteiger partial charge in [-0.3, -0.25) is 4.79 Å². The van der Waals surface area contributed by atoms with Gasteiger partial charge in [0.1, 0.15) is 0 Å². The van der Waals surface area contributed by atoms with Crippen LogP contribution in [-0.2, 0) is 6.42 Å². The quantitative estimate of drug-likeness (QED) is 0.687. The Kier molecular flexibility index (Phi) is 5.07. The summed E-state index contributed by atoms with van der Waals surface area (Å²) in [5.41, 5.74) is 1.17. The molecule has 1 saturated heterocycles. The number of rotatable bonds is 4. The Morgan fingerprint density at radius 2 is 1.96 bits per heavy atom. The normalized spacial score (nSPS) is 17.3. The number of piperidine rings is 1. The van der Waals surface area contributed by atoms with E-state index in [4.69, 9.17) is 0 Å². The molecule has 3 heterocycles. The molecule has 6 heteroatoms. The number of amides is 1. The number of carbonyl (C=O) groups excluding carboxylic acids is 1. The molecule has 0 radical (unpaired) electrons. The maximum absolute atomic E-state index is 12.8. The summed E-state index contributed by atoms with van der Waals surface area (Å²) in [6.07, 6.45) is 7.90. The predicted octanol–water partition coefficient (Wildman–Crippen LogP) is 3.99. The molecule has 1 aliphatic heterocycles. The van der Waals surface area contributed by atoms with Gasteiger partial charge in [-0.25, -0.2) is 9.97 Å². The molecule has 3 aromatic rings. The van der Waals surface area contributed by atoms with Crippen molar-refractivity contribution in [1.29, 1.82) is 0 Å². The van der Waals surface area contributed by atoms with Crippen LogP contribution in [-0.4, -0.2) is 47.5 Å². The van der Waals surface area contributed by atoms with E-state index in [0.29, 0.717) is 6.04 Å². The van der Waals surface area contributed by atoms with E-state index >= 15 is 0 Å². The second-order valence-electron chi connectivity index (χ2n) is 7.20. The van der Waals surface area contributed by atoms with Crippen LogP contribution in [0.4, 0.5) is 5.95 Å². The van der Waals surface area contributed by atoms with Gasteiger partial charge in [0.05, 0.1) is 4.88 Å². The second kappa shape index (κ2) is 7.64. The molecule has 1 fully saturated rings. The first-order chi connectivity index (χ1) is 13.1. The maximum atomic E-state index is 12.8. The lowest BCUT2D eigenvalue weighted by atomic mass is 9.94. The van der Waals surface area contributed by atoms with Crippen LogP contribution in [0, 0.1) is 0 Å². The van der Waals surface area contributed by atoms with E-state index in [0.717, 1.165) is 36.6 Å². The number of thiophene rings is 1. The summed E-state index contributed by atoms with van der Waals surface area (Å²) in [5, 5.41) is 1.20. The number of aromatic nitrogens is 2. The fourth-order valence-electron chi connectivity index (χ4n) is 3.83. The van der Waals surface area contributed by atoms with E-state index in [2.05, 4.69) is 33.1 Å². The average Bonchev–Trinajstić information content (AvgIpc) is 3.07. The third kappa shape index (κ3) is 3.54. The number of carbonyl (C=O) groups is 1. The highest BCUT2D eigenvalue weighted by Gasteiger charge is 2.28. The number of benzene rings is 1. The van der Waals surface area contributed by atoms with Crippen molar-refractivity contribution < 1.29 is 4.79 Å². The van der Waals surface area contributed by atoms with Crippen LogP contribution >= 0.6 is 11.3 Å². The average molecular weight is 381 g/mol. The molecule has 0 aliphatic carbocycles. The summed E-state index contributed by atoms with van der Waals surface area (Å²) in [4.78, 5) is 26.6. The van der Waals surface area contributed by atoms with Crippen molar-refractivity contribution in [3.63, 3.8) is 0 Å². The number of nitrogens with zero attached hydrogens (tertiary/aromatic N) is 4. The lowest BCUT2D eigenvalue weighted by molar-refractivity contribution is 0.0831. The van der Waals surface area contributed by atoms with E-state index in [1.54, 1.807) is 28.6 Å². The molecule has 2 aromatic heterocycles. The zero-order valence-electron chi connectivity index (χ0n) is 15.8. The lowest BCUT2D eigenvalue weighted by Crippen LogP contribution is -2.42. The highest BCUT2D eigenvalue weighted by atomic mass is 32.1. The largest absolute Gasteiger partial charge is 0.344 e. The van der Waals surface area contributed by atoms with Crippen molar-refractivity contribution in [2.24, 2.45) is 0 Å². The van der Waals surface area contributed by atoms with Crippen LogP contribution in [0.3, 0.4) is 0 Å². The third-order valence-corrected chi connectivity index (χ3v) is 6.38. The number of hydrogen-bond donors (Lipinski definition) is 0. The van der Waals surface area contributed by atoms with Crippen LogP contribution < -0.4 is 4.90 Å². The Hall–Kier alpha value is -2.47. The van der Waals surface area contributed by atoms with Gasteiger partial charge in [0.15, 0.2) is 0 Å². The van der Waals surface area contributed by atoms with Gasteiger partial charge >= 0.3 is 0 Å². The first-order valence-corrected chi connectivity index (χ1v) is 10.2. The van der Waals surface area contributed by atoms with Crippen molar-refractivity contribution in [3.05, 3.63) is 53.2 Å². The molecule has 27 heavy (non-hydrogen) atoms. The second-order valence-corrected chi connectivity index (χ2v) is 8.25. The lowest BCUT2D eigenvalue weighted by Gasteiger charge is -2.36. The molecule has 1 amide bonds. The molecule has 4 rings (SSSR count). The minimum atomic E-state index is 0.0875. The topological polar surface area (TPSA) is 49.3 Å². The summed E-state index contributed by atoms with van der Waals surface area (Å²) < 4.78 is 1.18. The monoisotopic (exact) mass is 380 g/mol. The maximum Gasteiger partial charge on any atom is 0.263 e. The Labute approximate surface area is 163 Å². The van der Waals surface area contributed by atoms with Gasteiger partial charge in [0.25, 0.3) is 5.91 Å². The highest BCUT2D eigenvalue weighted by molar-refractivity contribution is 7.21. The molecule has 0 spiro atoms. The van der Waals surface area contributed by atoms with Crippen molar-refractivity contribution in [2.45, 2.75) is 31.7 Å². The molecular weight excluding hydrogens is 356 g/mol. The minimum Gasteiger partial charge on any atom is -0.344 e. The van der Waals surface area contributed by atoms with Gasteiger partial charge in [0, 0.05) is 43.8 Å². The standard InChI is InChI=1S/C21H24N4OS/c1-24(2)20(26)19-17(16-9-3-4-10-18(16)27-19)14-15-8-5-6-13-25(15)21-22-11-7-12-23-21/h3-4,7,9-12,15H,5-6,8,13-14H2,1-2H3/t15-/m1/s1. The van der Waals surface area contributed by atoms with E-state index < -0.39 is 0 Å². The van der Waals surface area contributed by atoms with Crippen LogP contribution in [0.5, 0.6) is 0 Å². The Balaban J connectivity index is 1.73.